The SMILES string of the molecule is CCn1c(SCC(=O)O)nnc1C1CCCC1. The van der Waals surface area contributed by atoms with Crippen LogP contribution >= 0.6 is 11.8 Å². The molecule has 0 radical (unpaired) electrons. The Morgan fingerprint density at radius 3 is 2.76 bits per heavy atom. The summed E-state index contributed by atoms with van der Waals surface area (Å²) in [5.41, 5.74) is 0. The first kappa shape index (κ1) is 12.4. The maximum absolute atomic E-state index is 10.6. The average Bonchev–Trinajstić information content (AvgIpc) is 2.94. The van der Waals surface area contributed by atoms with Crippen LogP contribution in [0.1, 0.15) is 44.3 Å². The van der Waals surface area contributed by atoms with E-state index in [1.54, 1.807) is 0 Å². The lowest BCUT2D eigenvalue weighted by atomic mass is 10.1. The van der Waals surface area contributed by atoms with E-state index in [1.807, 2.05) is 6.92 Å². The van der Waals surface area contributed by atoms with E-state index in [2.05, 4.69) is 14.8 Å². The number of hydrogen-bond acceptors (Lipinski definition) is 4. The molecule has 1 N–H and O–H groups in total. The highest BCUT2D eigenvalue weighted by Crippen LogP contribution is 2.34. The Morgan fingerprint density at radius 2 is 2.18 bits per heavy atom. The molecule has 5 nitrogen and oxygen atoms in total. The molecule has 0 saturated heterocycles. The molecule has 0 bridgehead atoms. The fourth-order valence-corrected chi connectivity index (χ4v) is 3.05. The summed E-state index contributed by atoms with van der Waals surface area (Å²) in [5, 5.41) is 17.8. The van der Waals surface area contributed by atoms with E-state index in [1.165, 1.54) is 37.4 Å². The third-order valence-electron chi connectivity index (χ3n) is 3.11. The summed E-state index contributed by atoms with van der Waals surface area (Å²) in [6.45, 7) is 2.85. The Bertz CT molecular complexity index is 399. The van der Waals surface area contributed by atoms with E-state index >= 15 is 0 Å². The molecule has 6 heteroatoms. The summed E-state index contributed by atoms with van der Waals surface area (Å²) in [6.07, 6.45) is 4.89. The van der Waals surface area contributed by atoms with Crippen molar-refractivity contribution in [2.45, 2.75) is 50.2 Å². The van der Waals surface area contributed by atoms with Gasteiger partial charge in [0.1, 0.15) is 5.82 Å². The van der Waals surface area contributed by atoms with Crippen LogP contribution in [-0.2, 0) is 11.3 Å². The Hall–Kier alpha value is -1.04. The van der Waals surface area contributed by atoms with E-state index in [9.17, 15) is 4.79 Å². The largest absolute Gasteiger partial charge is 0.481 e. The second-order valence-electron chi connectivity index (χ2n) is 4.25. The predicted molar refractivity (Wildman–Crippen MR) is 65.3 cm³/mol. The molecule has 1 heterocycles. The zero-order chi connectivity index (χ0) is 12.3. The molecule has 0 atom stereocenters. The molecule has 1 aliphatic carbocycles. The van der Waals surface area contributed by atoms with Gasteiger partial charge in [-0.05, 0) is 19.8 Å². The lowest BCUT2D eigenvalue weighted by Crippen LogP contribution is -2.07. The molecular weight excluding hydrogens is 238 g/mol. The predicted octanol–water partition coefficient (Wildman–Crippen LogP) is 2.13. The van der Waals surface area contributed by atoms with Crippen LogP contribution in [-0.4, -0.2) is 31.6 Å². The minimum atomic E-state index is -0.817. The number of nitrogens with zero attached hydrogens (tertiary/aromatic N) is 3. The van der Waals surface area contributed by atoms with E-state index in [-0.39, 0.29) is 5.75 Å². The van der Waals surface area contributed by atoms with E-state index in [0.717, 1.165) is 17.5 Å². The van der Waals surface area contributed by atoms with Crippen LogP contribution in [0.2, 0.25) is 0 Å². The molecule has 1 aromatic heterocycles. The van der Waals surface area contributed by atoms with Gasteiger partial charge in [-0.2, -0.15) is 0 Å². The number of carbonyl (C=O) groups is 1. The van der Waals surface area contributed by atoms with Crippen molar-refractivity contribution in [1.82, 2.24) is 14.8 Å². The van der Waals surface area contributed by atoms with Crippen molar-refractivity contribution in [2.24, 2.45) is 0 Å². The Kier molecular flexibility index (Phi) is 4.04. The molecule has 1 fully saturated rings. The van der Waals surface area contributed by atoms with E-state index in [4.69, 9.17) is 5.11 Å². The van der Waals surface area contributed by atoms with Crippen molar-refractivity contribution in [2.75, 3.05) is 5.75 Å². The quantitative estimate of drug-likeness (QED) is 0.816. The lowest BCUT2D eigenvalue weighted by molar-refractivity contribution is -0.133. The first-order chi connectivity index (χ1) is 8.22. The van der Waals surface area contributed by atoms with Crippen LogP contribution in [0.25, 0.3) is 0 Å². The third-order valence-corrected chi connectivity index (χ3v) is 4.06. The van der Waals surface area contributed by atoms with Crippen LogP contribution in [0, 0.1) is 0 Å². The van der Waals surface area contributed by atoms with Crippen LogP contribution in [0.4, 0.5) is 0 Å². The average molecular weight is 255 g/mol. The summed E-state index contributed by atoms with van der Waals surface area (Å²) in [7, 11) is 0. The lowest BCUT2D eigenvalue weighted by Gasteiger charge is -2.11. The zero-order valence-corrected chi connectivity index (χ0v) is 10.7. The number of aliphatic carboxylic acids is 1. The van der Waals surface area contributed by atoms with Crippen LogP contribution in [0.3, 0.4) is 0 Å². The van der Waals surface area contributed by atoms with Gasteiger partial charge in [0.2, 0.25) is 0 Å². The number of thioether (sulfide) groups is 1. The third kappa shape index (κ3) is 2.80. The second-order valence-corrected chi connectivity index (χ2v) is 5.19. The minimum absolute atomic E-state index is 0.0444. The maximum atomic E-state index is 10.6. The summed E-state index contributed by atoms with van der Waals surface area (Å²) in [6, 6.07) is 0. The maximum Gasteiger partial charge on any atom is 0.313 e. The number of hydrogen-bond donors (Lipinski definition) is 1. The van der Waals surface area contributed by atoms with Gasteiger partial charge in [-0.3, -0.25) is 4.79 Å². The van der Waals surface area contributed by atoms with Crippen molar-refractivity contribution in [3.8, 4) is 0 Å². The molecule has 0 spiro atoms. The summed E-state index contributed by atoms with van der Waals surface area (Å²) in [5.74, 6) is 0.783. The molecule has 0 aromatic carbocycles. The highest BCUT2D eigenvalue weighted by atomic mass is 32.2. The highest BCUT2D eigenvalue weighted by Gasteiger charge is 2.24. The van der Waals surface area contributed by atoms with Crippen molar-refractivity contribution in [3.05, 3.63) is 5.82 Å². The normalized spacial score (nSPS) is 16.5. The van der Waals surface area contributed by atoms with Gasteiger partial charge in [0, 0.05) is 12.5 Å². The van der Waals surface area contributed by atoms with Gasteiger partial charge in [0.05, 0.1) is 5.75 Å². The van der Waals surface area contributed by atoms with E-state index < -0.39 is 5.97 Å². The van der Waals surface area contributed by atoms with Gasteiger partial charge >= 0.3 is 5.97 Å². The molecule has 94 valence electrons. The minimum Gasteiger partial charge on any atom is -0.481 e. The highest BCUT2D eigenvalue weighted by molar-refractivity contribution is 7.99. The summed E-state index contributed by atoms with van der Waals surface area (Å²) in [4.78, 5) is 10.6. The Balaban J connectivity index is 2.14. The molecule has 0 amide bonds. The second kappa shape index (κ2) is 5.53. The number of rotatable bonds is 5. The van der Waals surface area contributed by atoms with Crippen LogP contribution in [0.15, 0.2) is 5.16 Å². The van der Waals surface area contributed by atoms with Gasteiger partial charge < -0.3 is 9.67 Å². The molecular formula is C11H17N3O2S. The molecule has 0 unspecified atom stereocenters. The topological polar surface area (TPSA) is 68.0 Å². The van der Waals surface area contributed by atoms with Gasteiger partial charge in [0.25, 0.3) is 0 Å². The van der Waals surface area contributed by atoms with Gasteiger partial charge in [0.15, 0.2) is 5.16 Å². The van der Waals surface area contributed by atoms with Crippen molar-refractivity contribution in [1.29, 1.82) is 0 Å². The number of aromatic nitrogens is 3. The summed E-state index contributed by atoms with van der Waals surface area (Å²) >= 11 is 1.25. The van der Waals surface area contributed by atoms with Crippen LogP contribution in [0.5, 0.6) is 0 Å². The molecule has 17 heavy (non-hydrogen) atoms. The fraction of sp³-hybridized carbons (Fsp3) is 0.727. The molecule has 1 aliphatic rings. The smallest absolute Gasteiger partial charge is 0.313 e. The Morgan fingerprint density at radius 1 is 1.47 bits per heavy atom. The number of carboxylic acids is 1. The van der Waals surface area contributed by atoms with Gasteiger partial charge in [-0.1, -0.05) is 24.6 Å². The number of carboxylic acid groups (broad SMARTS) is 1. The monoisotopic (exact) mass is 255 g/mol. The molecule has 2 rings (SSSR count). The first-order valence-corrected chi connectivity index (χ1v) is 6.98. The summed E-state index contributed by atoms with van der Waals surface area (Å²) < 4.78 is 2.06. The molecule has 0 aliphatic heterocycles. The van der Waals surface area contributed by atoms with Gasteiger partial charge in [-0.25, -0.2) is 0 Å². The standard InChI is InChI=1S/C11H17N3O2S/c1-2-14-10(8-5-3-4-6-8)12-13-11(14)17-7-9(15)16/h8H,2-7H2,1H3,(H,15,16). The first-order valence-electron chi connectivity index (χ1n) is 6.00. The van der Waals surface area contributed by atoms with Crippen LogP contribution < -0.4 is 0 Å². The zero-order valence-electron chi connectivity index (χ0n) is 9.93. The van der Waals surface area contributed by atoms with Crippen molar-refractivity contribution >= 4 is 17.7 Å². The van der Waals surface area contributed by atoms with Crippen molar-refractivity contribution in [3.63, 3.8) is 0 Å². The van der Waals surface area contributed by atoms with Gasteiger partial charge in [-0.15, -0.1) is 10.2 Å². The molecule has 1 saturated carbocycles. The van der Waals surface area contributed by atoms with Crippen molar-refractivity contribution < 1.29 is 9.90 Å². The fourth-order valence-electron chi connectivity index (χ4n) is 2.32. The molecule has 1 aromatic rings. The Labute approximate surface area is 105 Å². The van der Waals surface area contributed by atoms with E-state index in [0.29, 0.717) is 5.92 Å².